The average Bonchev–Trinajstić information content (AvgIpc) is 2.68. The molecule has 0 saturated carbocycles. The summed E-state index contributed by atoms with van der Waals surface area (Å²) in [6.45, 7) is 7.08. The molecule has 0 spiro atoms. The van der Waals surface area contributed by atoms with Gasteiger partial charge in [-0.15, -0.1) is 0 Å². The van der Waals surface area contributed by atoms with Crippen molar-refractivity contribution in [2.45, 2.75) is 26.2 Å². The standard InChI is InChI=1S/C20H28N4O2/c1-2-3-4-17-5-7-19(8-6-17)23-20(25)18(15-21)16-22-9-10-24-11-13-26-14-12-24/h5-8,16,22H,2-4,9-14H2,1H3,(H,23,25)/b18-16-. The summed E-state index contributed by atoms with van der Waals surface area (Å²) in [5.41, 5.74) is 2.03. The molecule has 6 heteroatoms. The average molecular weight is 356 g/mol. The van der Waals surface area contributed by atoms with Crippen molar-refractivity contribution in [3.8, 4) is 6.07 Å². The molecule has 1 aliphatic heterocycles. The number of nitriles is 1. The molecular weight excluding hydrogens is 328 g/mol. The highest BCUT2D eigenvalue weighted by molar-refractivity contribution is 6.06. The summed E-state index contributed by atoms with van der Waals surface area (Å²) in [7, 11) is 0. The van der Waals surface area contributed by atoms with Crippen LogP contribution in [0.5, 0.6) is 0 Å². The number of nitrogens with one attached hydrogen (secondary N) is 2. The van der Waals surface area contributed by atoms with Crippen LogP contribution in [0.25, 0.3) is 0 Å². The third-order valence-corrected chi connectivity index (χ3v) is 4.32. The molecule has 1 aromatic carbocycles. The smallest absolute Gasteiger partial charge is 0.267 e. The van der Waals surface area contributed by atoms with E-state index in [9.17, 15) is 10.1 Å². The topological polar surface area (TPSA) is 77.4 Å². The maximum Gasteiger partial charge on any atom is 0.267 e. The van der Waals surface area contributed by atoms with Gasteiger partial charge >= 0.3 is 0 Å². The lowest BCUT2D eigenvalue weighted by atomic mass is 10.1. The van der Waals surface area contributed by atoms with Gasteiger partial charge in [0.2, 0.25) is 0 Å². The predicted molar refractivity (Wildman–Crippen MR) is 103 cm³/mol. The maximum absolute atomic E-state index is 12.2. The van der Waals surface area contributed by atoms with Crippen molar-refractivity contribution in [1.29, 1.82) is 5.26 Å². The Morgan fingerprint density at radius 1 is 1.31 bits per heavy atom. The molecule has 1 amide bonds. The molecule has 6 nitrogen and oxygen atoms in total. The largest absolute Gasteiger partial charge is 0.388 e. The quantitative estimate of drug-likeness (QED) is 0.403. The van der Waals surface area contributed by atoms with Crippen LogP contribution in [0.4, 0.5) is 5.69 Å². The molecule has 0 unspecified atom stereocenters. The van der Waals surface area contributed by atoms with Gasteiger partial charge in [-0.25, -0.2) is 0 Å². The molecular formula is C20H28N4O2. The van der Waals surface area contributed by atoms with E-state index in [2.05, 4.69) is 22.5 Å². The summed E-state index contributed by atoms with van der Waals surface area (Å²) >= 11 is 0. The van der Waals surface area contributed by atoms with E-state index < -0.39 is 5.91 Å². The minimum absolute atomic E-state index is 0.0713. The Kier molecular flexibility index (Phi) is 8.67. The monoisotopic (exact) mass is 356 g/mol. The van der Waals surface area contributed by atoms with Gasteiger partial charge in [0.05, 0.1) is 13.2 Å². The van der Waals surface area contributed by atoms with Crippen molar-refractivity contribution in [2.75, 3.05) is 44.7 Å². The van der Waals surface area contributed by atoms with E-state index in [-0.39, 0.29) is 5.57 Å². The van der Waals surface area contributed by atoms with Crippen LogP contribution in [0.15, 0.2) is 36.0 Å². The fourth-order valence-corrected chi connectivity index (χ4v) is 2.70. The Morgan fingerprint density at radius 2 is 2.04 bits per heavy atom. The number of morpholine rings is 1. The molecule has 0 aliphatic carbocycles. The molecule has 0 aromatic heterocycles. The highest BCUT2D eigenvalue weighted by atomic mass is 16.5. The normalized spacial score (nSPS) is 15.3. The van der Waals surface area contributed by atoms with Crippen LogP contribution in [-0.2, 0) is 16.0 Å². The van der Waals surface area contributed by atoms with E-state index in [0.29, 0.717) is 12.2 Å². The molecule has 0 bridgehead atoms. The molecule has 26 heavy (non-hydrogen) atoms. The lowest BCUT2D eigenvalue weighted by Crippen LogP contribution is -2.39. The van der Waals surface area contributed by atoms with E-state index in [4.69, 9.17) is 4.74 Å². The van der Waals surface area contributed by atoms with Gasteiger partial charge in [-0.3, -0.25) is 9.69 Å². The van der Waals surface area contributed by atoms with Crippen molar-refractivity contribution in [3.63, 3.8) is 0 Å². The Balaban J connectivity index is 1.78. The molecule has 0 atom stereocenters. The van der Waals surface area contributed by atoms with E-state index in [0.717, 1.165) is 52.1 Å². The van der Waals surface area contributed by atoms with Crippen LogP contribution in [0.3, 0.4) is 0 Å². The van der Waals surface area contributed by atoms with Gasteiger partial charge in [0.25, 0.3) is 5.91 Å². The number of carbonyl (C=O) groups is 1. The highest BCUT2D eigenvalue weighted by Crippen LogP contribution is 2.12. The first-order chi connectivity index (χ1) is 12.7. The Morgan fingerprint density at radius 3 is 2.69 bits per heavy atom. The van der Waals surface area contributed by atoms with Crippen molar-refractivity contribution in [1.82, 2.24) is 10.2 Å². The first-order valence-corrected chi connectivity index (χ1v) is 9.27. The van der Waals surface area contributed by atoms with Crippen LogP contribution < -0.4 is 10.6 Å². The second kappa shape index (κ2) is 11.3. The van der Waals surface area contributed by atoms with E-state index >= 15 is 0 Å². The van der Waals surface area contributed by atoms with Gasteiger partial charge in [0.1, 0.15) is 11.6 Å². The lowest BCUT2D eigenvalue weighted by molar-refractivity contribution is -0.112. The molecule has 0 radical (unpaired) electrons. The van der Waals surface area contributed by atoms with Gasteiger partial charge in [-0.05, 0) is 30.5 Å². The number of ether oxygens (including phenoxy) is 1. The van der Waals surface area contributed by atoms with Crippen LogP contribution >= 0.6 is 0 Å². The number of anilines is 1. The van der Waals surface area contributed by atoms with Gasteiger partial charge in [0.15, 0.2) is 0 Å². The summed E-state index contributed by atoms with van der Waals surface area (Å²) in [4.78, 5) is 14.5. The van der Waals surface area contributed by atoms with Gasteiger partial charge in [-0.2, -0.15) is 5.26 Å². The molecule has 140 valence electrons. The van der Waals surface area contributed by atoms with Crippen molar-refractivity contribution < 1.29 is 9.53 Å². The van der Waals surface area contributed by atoms with Crippen LogP contribution in [-0.4, -0.2) is 50.2 Å². The molecule has 1 heterocycles. The third kappa shape index (κ3) is 6.87. The Bertz CT molecular complexity index is 628. The number of nitrogens with zero attached hydrogens (tertiary/aromatic N) is 2. The summed E-state index contributed by atoms with van der Waals surface area (Å²) in [6.07, 6.45) is 4.85. The first kappa shape index (κ1) is 20.0. The zero-order valence-corrected chi connectivity index (χ0v) is 15.5. The Hall–Kier alpha value is -2.36. The van der Waals surface area contributed by atoms with Gasteiger partial charge in [-0.1, -0.05) is 25.5 Å². The number of amides is 1. The fourth-order valence-electron chi connectivity index (χ4n) is 2.70. The highest BCUT2D eigenvalue weighted by Gasteiger charge is 2.11. The Labute approximate surface area is 155 Å². The summed E-state index contributed by atoms with van der Waals surface area (Å²) < 4.78 is 5.31. The number of rotatable bonds is 9. The predicted octanol–water partition coefficient (Wildman–Crippen LogP) is 2.30. The van der Waals surface area contributed by atoms with Crippen LogP contribution in [0.2, 0.25) is 0 Å². The number of hydrogen-bond acceptors (Lipinski definition) is 5. The first-order valence-electron chi connectivity index (χ1n) is 9.27. The molecule has 1 fully saturated rings. The molecule has 1 saturated heterocycles. The molecule has 1 aliphatic rings. The number of aryl methyl sites for hydroxylation is 1. The van der Waals surface area contributed by atoms with E-state index in [1.807, 2.05) is 30.3 Å². The number of unbranched alkanes of at least 4 members (excludes halogenated alkanes) is 1. The number of hydrogen-bond donors (Lipinski definition) is 2. The third-order valence-electron chi connectivity index (χ3n) is 4.32. The summed E-state index contributed by atoms with van der Waals surface area (Å²) in [5, 5.41) is 15.0. The SMILES string of the molecule is CCCCc1ccc(NC(=O)/C(C#N)=C\NCCN2CCOCC2)cc1. The van der Waals surface area contributed by atoms with Crippen molar-refractivity contribution >= 4 is 11.6 Å². The zero-order valence-electron chi connectivity index (χ0n) is 15.5. The molecule has 1 aromatic rings. The van der Waals surface area contributed by atoms with E-state index in [1.54, 1.807) is 0 Å². The minimum Gasteiger partial charge on any atom is -0.388 e. The minimum atomic E-state index is -0.396. The fraction of sp³-hybridized carbons (Fsp3) is 0.500. The van der Waals surface area contributed by atoms with Crippen LogP contribution in [0.1, 0.15) is 25.3 Å². The van der Waals surface area contributed by atoms with Gasteiger partial charge < -0.3 is 15.4 Å². The second-order valence-corrected chi connectivity index (χ2v) is 6.33. The van der Waals surface area contributed by atoms with Gasteiger partial charge in [0, 0.05) is 38.1 Å². The lowest BCUT2D eigenvalue weighted by Gasteiger charge is -2.26. The maximum atomic E-state index is 12.2. The molecule has 2 N–H and O–H groups in total. The second-order valence-electron chi connectivity index (χ2n) is 6.33. The zero-order chi connectivity index (χ0) is 18.6. The van der Waals surface area contributed by atoms with Crippen LogP contribution in [0, 0.1) is 11.3 Å². The number of benzene rings is 1. The van der Waals surface area contributed by atoms with Crippen molar-refractivity contribution in [3.05, 3.63) is 41.6 Å². The number of carbonyl (C=O) groups excluding carboxylic acids is 1. The van der Waals surface area contributed by atoms with Crippen molar-refractivity contribution in [2.24, 2.45) is 0 Å². The molecule has 2 rings (SSSR count). The summed E-state index contributed by atoms with van der Waals surface area (Å²) in [6, 6.07) is 9.74. The summed E-state index contributed by atoms with van der Waals surface area (Å²) in [5.74, 6) is -0.396. The van der Waals surface area contributed by atoms with E-state index in [1.165, 1.54) is 11.8 Å².